The first-order valence-electron chi connectivity index (χ1n) is 5.27. The van der Waals surface area contributed by atoms with Gasteiger partial charge in [0.1, 0.15) is 11.5 Å². The molecule has 0 N–H and O–H groups in total. The molecule has 2 rings (SSSR count). The van der Waals surface area contributed by atoms with Crippen LogP contribution in [0, 0.1) is 5.92 Å². The lowest BCUT2D eigenvalue weighted by Crippen LogP contribution is -1.98. The van der Waals surface area contributed by atoms with Crippen LogP contribution in [0.2, 0.25) is 0 Å². The molecular formula is C13H16O. The van der Waals surface area contributed by atoms with E-state index in [4.69, 9.17) is 4.74 Å². The fourth-order valence-corrected chi connectivity index (χ4v) is 1.58. The fraction of sp³-hybridized carbons (Fsp3) is 0.385. The van der Waals surface area contributed by atoms with Gasteiger partial charge in [-0.25, -0.2) is 0 Å². The lowest BCUT2D eigenvalue weighted by atomic mass is 10.0. The van der Waals surface area contributed by atoms with Gasteiger partial charge in [0, 0.05) is 0 Å². The highest BCUT2D eigenvalue weighted by molar-refractivity contribution is 5.24. The van der Waals surface area contributed by atoms with Crippen molar-refractivity contribution in [2.75, 3.05) is 0 Å². The maximum Gasteiger partial charge on any atom is 0.123 e. The summed E-state index contributed by atoms with van der Waals surface area (Å²) in [4.78, 5) is 0. The Balaban J connectivity index is 1.95. The molecular weight excluding hydrogens is 172 g/mol. The quantitative estimate of drug-likeness (QED) is 0.641. The molecule has 74 valence electrons. The Labute approximate surface area is 85.5 Å². The van der Waals surface area contributed by atoms with Gasteiger partial charge in [-0.2, -0.15) is 0 Å². The molecule has 0 spiro atoms. The van der Waals surface area contributed by atoms with Crippen molar-refractivity contribution >= 4 is 0 Å². The van der Waals surface area contributed by atoms with E-state index < -0.39 is 0 Å². The summed E-state index contributed by atoms with van der Waals surface area (Å²) in [5.74, 6) is 2.63. The van der Waals surface area contributed by atoms with Crippen molar-refractivity contribution in [2.45, 2.75) is 26.2 Å². The van der Waals surface area contributed by atoms with E-state index in [1.54, 1.807) is 0 Å². The van der Waals surface area contributed by atoms with Gasteiger partial charge in [0.25, 0.3) is 0 Å². The van der Waals surface area contributed by atoms with Crippen LogP contribution < -0.4 is 0 Å². The van der Waals surface area contributed by atoms with E-state index in [0.29, 0.717) is 5.92 Å². The average Bonchev–Trinajstić information content (AvgIpc) is 2.23. The van der Waals surface area contributed by atoms with Crippen LogP contribution in [0.4, 0.5) is 0 Å². The maximum atomic E-state index is 5.73. The van der Waals surface area contributed by atoms with E-state index in [1.807, 2.05) is 0 Å². The summed E-state index contributed by atoms with van der Waals surface area (Å²) in [7, 11) is 0. The third-order valence-electron chi connectivity index (χ3n) is 2.48. The SMILES string of the molecule is CC1C=CC(OC2=CCCC=C2)=CC1. The van der Waals surface area contributed by atoms with Gasteiger partial charge in [0.2, 0.25) is 0 Å². The molecule has 1 atom stereocenters. The number of ether oxygens (including phenoxy) is 1. The smallest absolute Gasteiger partial charge is 0.123 e. The minimum atomic E-state index is 0.651. The zero-order chi connectivity index (χ0) is 9.80. The summed E-state index contributed by atoms with van der Waals surface area (Å²) >= 11 is 0. The van der Waals surface area contributed by atoms with Gasteiger partial charge in [-0.3, -0.25) is 0 Å². The Morgan fingerprint density at radius 1 is 1.14 bits per heavy atom. The van der Waals surface area contributed by atoms with Crippen LogP contribution in [0.25, 0.3) is 0 Å². The van der Waals surface area contributed by atoms with Crippen molar-refractivity contribution < 1.29 is 4.74 Å². The summed E-state index contributed by atoms with van der Waals surface area (Å²) in [6.45, 7) is 2.21. The summed E-state index contributed by atoms with van der Waals surface area (Å²) in [5, 5.41) is 0. The molecule has 0 bridgehead atoms. The van der Waals surface area contributed by atoms with Crippen molar-refractivity contribution in [3.05, 3.63) is 48.0 Å². The first kappa shape index (κ1) is 9.32. The van der Waals surface area contributed by atoms with Gasteiger partial charge in [0.15, 0.2) is 0 Å². The lowest BCUT2D eigenvalue weighted by Gasteiger charge is -2.14. The zero-order valence-corrected chi connectivity index (χ0v) is 8.57. The Morgan fingerprint density at radius 2 is 2.00 bits per heavy atom. The fourth-order valence-electron chi connectivity index (χ4n) is 1.58. The topological polar surface area (TPSA) is 9.23 Å². The van der Waals surface area contributed by atoms with Gasteiger partial charge < -0.3 is 4.74 Å². The predicted molar refractivity (Wildman–Crippen MR) is 58.5 cm³/mol. The van der Waals surface area contributed by atoms with Gasteiger partial charge in [-0.15, -0.1) is 0 Å². The van der Waals surface area contributed by atoms with E-state index in [0.717, 1.165) is 30.8 Å². The van der Waals surface area contributed by atoms with Crippen molar-refractivity contribution in [1.29, 1.82) is 0 Å². The van der Waals surface area contributed by atoms with E-state index >= 15 is 0 Å². The predicted octanol–water partition coefficient (Wildman–Crippen LogP) is 3.72. The second-order valence-electron chi connectivity index (χ2n) is 3.87. The van der Waals surface area contributed by atoms with E-state index in [2.05, 4.69) is 43.4 Å². The molecule has 0 aromatic heterocycles. The monoisotopic (exact) mass is 188 g/mol. The Bertz CT molecular complexity index is 318. The highest BCUT2D eigenvalue weighted by Crippen LogP contribution is 2.20. The van der Waals surface area contributed by atoms with Gasteiger partial charge in [-0.1, -0.05) is 19.1 Å². The second kappa shape index (κ2) is 4.32. The first-order valence-corrected chi connectivity index (χ1v) is 5.27. The molecule has 0 saturated heterocycles. The van der Waals surface area contributed by atoms with E-state index in [9.17, 15) is 0 Å². The minimum Gasteiger partial charge on any atom is -0.458 e. The number of rotatable bonds is 2. The van der Waals surface area contributed by atoms with Crippen LogP contribution in [0.15, 0.2) is 48.0 Å². The van der Waals surface area contributed by atoms with Gasteiger partial charge in [0.05, 0.1) is 0 Å². The number of allylic oxidation sites excluding steroid dienone is 6. The Morgan fingerprint density at radius 3 is 2.64 bits per heavy atom. The standard InChI is InChI=1S/C13H16O/c1-11-7-9-13(10-8-11)14-12-5-3-2-4-6-12/h3,5-7,9-11H,2,4,8H2,1H3. The van der Waals surface area contributed by atoms with Crippen LogP contribution in [0.5, 0.6) is 0 Å². The second-order valence-corrected chi connectivity index (χ2v) is 3.87. The van der Waals surface area contributed by atoms with Crippen LogP contribution >= 0.6 is 0 Å². The van der Waals surface area contributed by atoms with Crippen LogP contribution in [-0.2, 0) is 4.74 Å². The van der Waals surface area contributed by atoms with Crippen molar-refractivity contribution in [3.8, 4) is 0 Å². The molecule has 0 amide bonds. The molecule has 0 saturated carbocycles. The van der Waals surface area contributed by atoms with Crippen molar-refractivity contribution in [1.82, 2.24) is 0 Å². The average molecular weight is 188 g/mol. The zero-order valence-electron chi connectivity index (χ0n) is 8.57. The highest BCUT2D eigenvalue weighted by atomic mass is 16.5. The third kappa shape index (κ3) is 2.38. The molecule has 1 heteroatoms. The number of hydrogen-bond donors (Lipinski definition) is 0. The molecule has 0 aromatic rings. The molecule has 0 aliphatic heterocycles. The molecule has 14 heavy (non-hydrogen) atoms. The van der Waals surface area contributed by atoms with E-state index in [1.165, 1.54) is 0 Å². The van der Waals surface area contributed by atoms with Crippen LogP contribution in [0.3, 0.4) is 0 Å². The molecule has 0 fully saturated rings. The highest BCUT2D eigenvalue weighted by Gasteiger charge is 2.06. The summed E-state index contributed by atoms with van der Waals surface area (Å²) in [6, 6.07) is 0. The Hall–Kier alpha value is -1.24. The summed E-state index contributed by atoms with van der Waals surface area (Å²) < 4.78 is 5.73. The number of hydrogen-bond acceptors (Lipinski definition) is 1. The van der Waals surface area contributed by atoms with Crippen LogP contribution in [0.1, 0.15) is 26.2 Å². The molecule has 2 aliphatic carbocycles. The molecule has 0 aromatic carbocycles. The summed E-state index contributed by atoms with van der Waals surface area (Å²) in [6.07, 6.45) is 16.1. The first-order chi connectivity index (χ1) is 6.84. The van der Waals surface area contributed by atoms with Gasteiger partial charge >= 0.3 is 0 Å². The maximum absolute atomic E-state index is 5.73. The molecule has 1 unspecified atom stereocenters. The van der Waals surface area contributed by atoms with Crippen molar-refractivity contribution in [2.24, 2.45) is 5.92 Å². The lowest BCUT2D eigenvalue weighted by molar-refractivity contribution is 0.327. The minimum absolute atomic E-state index is 0.651. The van der Waals surface area contributed by atoms with Crippen LogP contribution in [-0.4, -0.2) is 0 Å². The van der Waals surface area contributed by atoms with Crippen molar-refractivity contribution in [3.63, 3.8) is 0 Å². The molecule has 0 heterocycles. The summed E-state index contributed by atoms with van der Waals surface area (Å²) in [5.41, 5.74) is 0. The third-order valence-corrected chi connectivity index (χ3v) is 2.48. The van der Waals surface area contributed by atoms with Gasteiger partial charge in [-0.05, 0) is 49.5 Å². The van der Waals surface area contributed by atoms with E-state index in [-0.39, 0.29) is 0 Å². The molecule has 0 radical (unpaired) electrons. The molecule has 1 nitrogen and oxygen atoms in total. The largest absolute Gasteiger partial charge is 0.458 e. The molecule has 2 aliphatic rings. The Kier molecular flexibility index (Phi) is 2.87. The normalized spacial score (nSPS) is 25.6.